The van der Waals surface area contributed by atoms with Gasteiger partial charge in [-0.15, -0.1) is 0 Å². The summed E-state index contributed by atoms with van der Waals surface area (Å²) in [7, 11) is 0. The predicted octanol–water partition coefficient (Wildman–Crippen LogP) is 2.05. The van der Waals surface area contributed by atoms with Crippen LogP contribution in [0.2, 0.25) is 0 Å². The Hall–Kier alpha value is -2.45. The number of aryl methyl sites for hydroxylation is 1. The number of ether oxygens (including phenoxy) is 1. The summed E-state index contributed by atoms with van der Waals surface area (Å²) in [5, 5.41) is 11.6. The first kappa shape index (κ1) is 25.8. The minimum atomic E-state index is -4.59. The molecule has 0 bridgehead atoms. The van der Waals surface area contributed by atoms with Crippen LogP contribution in [0.5, 0.6) is 0 Å². The first-order chi connectivity index (χ1) is 18.2. The molecule has 38 heavy (non-hydrogen) atoms. The monoisotopic (exact) mass is 535 g/mol. The Labute approximate surface area is 220 Å². The standard InChI is InChI=1S/C25H36F3N9O/c1-14-12-30-32-24-22(14)37(24)36-17(4)31-20(34-9-10-38-13-15(34)2)11-19(36)21-16(3)33-35(23(21)25(26,27)28)18-5-7-29-8-6-18/h11,14-15,18,22,24,29-30,32H,4-10,12-13H2,1-3H3/t14-,15-,22?,24?,37?/m1/s1. The van der Waals surface area contributed by atoms with E-state index in [1.54, 1.807) is 18.0 Å². The molecule has 10 nitrogen and oxygen atoms in total. The van der Waals surface area contributed by atoms with Crippen molar-refractivity contribution in [2.75, 3.05) is 39.4 Å². The lowest BCUT2D eigenvalue weighted by molar-refractivity contribution is -0.145. The Bertz CT molecular complexity index is 1160. The van der Waals surface area contributed by atoms with Crippen molar-refractivity contribution >= 4 is 11.5 Å². The quantitative estimate of drug-likeness (QED) is 0.508. The van der Waals surface area contributed by atoms with E-state index in [0.717, 1.165) is 6.54 Å². The zero-order chi connectivity index (χ0) is 26.8. The topological polar surface area (TPSA) is 85.0 Å². The summed E-state index contributed by atoms with van der Waals surface area (Å²) in [5.74, 6) is 1.28. The molecule has 0 amide bonds. The summed E-state index contributed by atoms with van der Waals surface area (Å²) in [6.45, 7) is 13.8. The maximum atomic E-state index is 14.9. The fraction of sp³-hybridized carbons (Fsp3) is 0.680. The predicted molar refractivity (Wildman–Crippen MR) is 136 cm³/mol. The average Bonchev–Trinajstić information content (AvgIpc) is 3.49. The van der Waals surface area contributed by atoms with Gasteiger partial charge in [-0.3, -0.25) is 15.1 Å². The molecule has 3 N–H and O–H groups in total. The lowest BCUT2D eigenvalue weighted by Gasteiger charge is -2.39. The Kier molecular flexibility index (Phi) is 6.54. The van der Waals surface area contributed by atoms with Crippen LogP contribution in [-0.4, -0.2) is 88.2 Å². The van der Waals surface area contributed by atoms with Gasteiger partial charge in [0.2, 0.25) is 0 Å². The molecular weight excluding hydrogens is 499 g/mol. The molecule has 208 valence electrons. The van der Waals surface area contributed by atoms with Gasteiger partial charge in [0.25, 0.3) is 0 Å². The number of piperidine rings is 1. The molecule has 0 aromatic carbocycles. The van der Waals surface area contributed by atoms with E-state index in [0.29, 0.717) is 74.7 Å². The maximum absolute atomic E-state index is 14.9. The first-order valence-corrected chi connectivity index (χ1v) is 13.4. The Balaban J connectivity index is 1.49. The number of nitrogens with one attached hydrogen (secondary N) is 3. The van der Waals surface area contributed by atoms with E-state index in [2.05, 4.69) is 39.7 Å². The number of morpholine rings is 1. The van der Waals surface area contributed by atoms with Crippen molar-refractivity contribution in [1.29, 1.82) is 0 Å². The number of rotatable bonds is 3. The van der Waals surface area contributed by atoms with Crippen molar-refractivity contribution in [3.63, 3.8) is 0 Å². The van der Waals surface area contributed by atoms with Gasteiger partial charge in [0, 0.05) is 19.2 Å². The highest BCUT2D eigenvalue weighted by atomic mass is 19.4. The fourth-order valence-corrected chi connectivity index (χ4v) is 6.29. The molecule has 0 aliphatic carbocycles. The van der Waals surface area contributed by atoms with Crippen molar-refractivity contribution in [3.05, 3.63) is 35.4 Å². The largest absolute Gasteiger partial charge is 0.433 e. The number of aromatic nitrogens is 2. The van der Waals surface area contributed by atoms with E-state index >= 15 is 0 Å². The summed E-state index contributed by atoms with van der Waals surface area (Å²) in [4.78, 5) is 6.90. The van der Waals surface area contributed by atoms with Gasteiger partial charge in [0.05, 0.1) is 48.3 Å². The van der Waals surface area contributed by atoms with Gasteiger partial charge in [0.1, 0.15) is 17.8 Å². The molecule has 4 saturated heterocycles. The molecule has 13 heteroatoms. The molecule has 6 heterocycles. The minimum absolute atomic E-state index is 0.0368. The highest BCUT2D eigenvalue weighted by molar-refractivity contribution is 6.02. The van der Waals surface area contributed by atoms with Gasteiger partial charge in [-0.1, -0.05) is 13.5 Å². The van der Waals surface area contributed by atoms with E-state index in [1.165, 1.54) is 4.68 Å². The lowest BCUT2D eigenvalue weighted by atomic mass is 10.0. The van der Waals surface area contributed by atoms with Crippen molar-refractivity contribution in [2.45, 2.75) is 64.1 Å². The van der Waals surface area contributed by atoms with Gasteiger partial charge in [-0.05, 0) is 45.7 Å². The Morgan fingerprint density at radius 1 is 1.18 bits per heavy atom. The molecule has 3 unspecified atom stereocenters. The second-order valence-electron chi connectivity index (χ2n) is 10.9. The van der Waals surface area contributed by atoms with E-state index in [9.17, 15) is 13.2 Å². The zero-order valence-corrected chi connectivity index (χ0v) is 22.1. The first-order valence-electron chi connectivity index (χ1n) is 13.4. The number of amidine groups is 1. The normalized spacial score (nSPS) is 32.7. The number of hydrogen-bond acceptors (Lipinski definition) is 9. The van der Waals surface area contributed by atoms with Crippen LogP contribution in [0, 0.1) is 12.8 Å². The molecule has 5 aliphatic heterocycles. The third-order valence-corrected chi connectivity index (χ3v) is 8.22. The molecule has 5 atom stereocenters. The van der Waals surface area contributed by atoms with Crippen LogP contribution < -0.4 is 16.2 Å². The van der Waals surface area contributed by atoms with Crippen LogP contribution in [0.1, 0.15) is 49.7 Å². The number of alkyl halides is 3. The van der Waals surface area contributed by atoms with E-state index < -0.39 is 11.9 Å². The SMILES string of the molecule is C=C1N=C(N2CCOC[C@H]2C)C=C(c2c(C)nn(C3CCNCC3)c2C(F)(F)F)N1N1C2NNC[C@@H](C)C21. The van der Waals surface area contributed by atoms with E-state index in [1.807, 2.05) is 11.9 Å². The minimum Gasteiger partial charge on any atom is -0.377 e. The van der Waals surface area contributed by atoms with Crippen molar-refractivity contribution in [1.82, 2.24) is 40.9 Å². The molecule has 1 aromatic heterocycles. The highest BCUT2D eigenvalue weighted by Crippen LogP contribution is 2.47. The molecule has 0 spiro atoms. The molecule has 5 aliphatic rings. The van der Waals surface area contributed by atoms with Crippen LogP contribution in [0.4, 0.5) is 13.2 Å². The average molecular weight is 536 g/mol. The molecule has 6 rings (SSSR count). The second kappa shape index (κ2) is 9.63. The number of hydrazine groups is 2. The van der Waals surface area contributed by atoms with E-state index in [-0.39, 0.29) is 29.9 Å². The highest BCUT2D eigenvalue weighted by Gasteiger charge is 2.58. The third-order valence-electron chi connectivity index (χ3n) is 8.22. The molecule has 0 radical (unpaired) electrons. The van der Waals surface area contributed by atoms with Gasteiger partial charge >= 0.3 is 6.18 Å². The van der Waals surface area contributed by atoms with Crippen molar-refractivity contribution in [2.24, 2.45) is 10.9 Å². The van der Waals surface area contributed by atoms with Crippen molar-refractivity contribution in [3.8, 4) is 0 Å². The maximum Gasteiger partial charge on any atom is 0.433 e. The zero-order valence-electron chi connectivity index (χ0n) is 22.1. The van der Waals surface area contributed by atoms with Crippen LogP contribution >= 0.6 is 0 Å². The van der Waals surface area contributed by atoms with Gasteiger partial charge in [-0.25, -0.2) is 10.4 Å². The summed E-state index contributed by atoms with van der Waals surface area (Å²) in [6.07, 6.45) is -1.67. The van der Waals surface area contributed by atoms with Crippen LogP contribution in [-0.2, 0) is 10.9 Å². The summed E-state index contributed by atoms with van der Waals surface area (Å²) in [5.41, 5.74) is 6.61. The number of halogens is 3. The molecule has 1 aromatic rings. The fourth-order valence-electron chi connectivity index (χ4n) is 6.29. The summed E-state index contributed by atoms with van der Waals surface area (Å²) < 4.78 is 51.5. The third kappa shape index (κ3) is 4.34. The van der Waals surface area contributed by atoms with Crippen LogP contribution in [0.3, 0.4) is 0 Å². The van der Waals surface area contributed by atoms with Crippen LogP contribution in [0.15, 0.2) is 23.5 Å². The summed E-state index contributed by atoms with van der Waals surface area (Å²) >= 11 is 0. The Morgan fingerprint density at radius 3 is 2.63 bits per heavy atom. The number of fused-ring (bicyclic) bond motifs is 1. The summed E-state index contributed by atoms with van der Waals surface area (Å²) in [6, 6.07) is -0.164. The smallest absolute Gasteiger partial charge is 0.377 e. The van der Waals surface area contributed by atoms with E-state index in [4.69, 9.17) is 9.73 Å². The second-order valence-corrected chi connectivity index (χ2v) is 10.9. The number of aliphatic imine (C=N–C) groups is 1. The lowest BCUT2D eigenvalue weighted by Crippen LogP contribution is -2.48. The number of nitrogens with zero attached hydrogens (tertiary/aromatic N) is 6. The number of hydrogen-bond donors (Lipinski definition) is 3. The molecular formula is C25H36F3N9O. The van der Waals surface area contributed by atoms with Gasteiger partial charge in [-0.2, -0.15) is 23.3 Å². The molecule has 0 saturated carbocycles. The molecule has 4 fully saturated rings. The van der Waals surface area contributed by atoms with Gasteiger partial charge in [0.15, 0.2) is 5.69 Å². The van der Waals surface area contributed by atoms with Gasteiger partial charge < -0.3 is 15.0 Å². The van der Waals surface area contributed by atoms with Crippen molar-refractivity contribution < 1.29 is 17.9 Å². The Morgan fingerprint density at radius 2 is 1.95 bits per heavy atom. The van der Waals surface area contributed by atoms with Crippen LogP contribution in [0.25, 0.3) is 5.70 Å².